The summed E-state index contributed by atoms with van der Waals surface area (Å²) in [5.41, 5.74) is 0. The van der Waals surface area contributed by atoms with E-state index in [0.717, 1.165) is 7.11 Å². The molecule has 0 aromatic rings. The zero-order valence-corrected chi connectivity index (χ0v) is 9.05. The van der Waals surface area contributed by atoms with E-state index in [1.165, 1.54) is 0 Å². The van der Waals surface area contributed by atoms with Crippen molar-refractivity contribution in [2.24, 2.45) is 0 Å². The molecule has 0 atom stereocenters. The molecule has 0 aliphatic heterocycles. The molecule has 1 nitrogen and oxygen atoms in total. The van der Waals surface area contributed by atoms with Gasteiger partial charge in [0.15, 0.2) is 0 Å². The van der Waals surface area contributed by atoms with Gasteiger partial charge in [0.1, 0.15) is 0 Å². The van der Waals surface area contributed by atoms with Crippen LogP contribution in [0.1, 0.15) is 0 Å². The van der Waals surface area contributed by atoms with Crippen LogP contribution in [0.3, 0.4) is 0 Å². The summed E-state index contributed by atoms with van der Waals surface area (Å²) in [7, 11) is 1.00. The standard InChI is InChI=1S/CH4O.3ClH.La/c1-2;;;;/h2H,1H3;3*1H;/q;;;;+3/p-3. The SMILES string of the molecule is CO.[Cl-].[Cl-].[Cl-].[La+3]. The third-order valence-electron chi connectivity index (χ3n) is 0. The molecule has 0 bridgehead atoms. The average molecular weight is 277 g/mol. The molecule has 0 amide bonds. The molecular weight excluding hydrogens is 273 g/mol. The molecule has 0 aliphatic carbocycles. The number of rotatable bonds is 0. The molecule has 0 aromatic heterocycles. The van der Waals surface area contributed by atoms with E-state index < -0.39 is 0 Å². The summed E-state index contributed by atoms with van der Waals surface area (Å²) in [4.78, 5) is 0. The summed E-state index contributed by atoms with van der Waals surface area (Å²) in [6.07, 6.45) is 0. The van der Waals surface area contributed by atoms with Gasteiger partial charge in [0.2, 0.25) is 0 Å². The molecule has 0 spiro atoms. The summed E-state index contributed by atoms with van der Waals surface area (Å²) in [6, 6.07) is 0. The van der Waals surface area contributed by atoms with E-state index in [9.17, 15) is 0 Å². The molecular formula is CH4Cl3LaO. The van der Waals surface area contributed by atoms with Crippen LogP contribution in [-0.2, 0) is 0 Å². The summed E-state index contributed by atoms with van der Waals surface area (Å²) < 4.78 is 0. The van der Waals surface area contributed by atoms with Crippen molar-refractivity contribution in [2.75, 3.05) is 7.11 Å². The van der Waals surface area contributed by atoms with Gasteiger partial charge in [0.05, 0.1) is 0 Å². The van der Waals surface area contributed by atoms with Gasteiger partial charge in [-0.1, -0.05) is 0 Å². The monoisotopic (exact) mass is 276 g/mol. The maximum atomic E-state index is 7.00. The normalized spacial score (nSPS) is 1.00. The largest absolute Gasteiger partial charge is 3.00 e. The number of hydrogen-bond donors (Lipinski definition) is 1. The van der Waals surface area contributed by atoms with Crippen molar-refractivity contribution in [3.05, 3.63) is 0 Å². The molecule has 1 N–H and O–H groups in total. The van der Waals surface area contributed by atoms with Crippen LogP contribution in [-0.4, -0.2) is 12.2 Å². The van der Waals surface area contributed by atoms with Gasteiger partial charge in [-0.05, 0) is 0 Å². The Balaban J connectivity index is -0.000000000833. The van der Waals surface area contributed by atoms with Gasteiger partial charge in [-0.15, -0.1) is 0 Å². The summed E-state index contributed by atoms with van der Waals surface area (Å²) in [6.45, 7) is 0. The zero-order valence-electron chi connectivity index (χ0n) is 3.16. The van der Waals surface area contributed by atoms with Crippen molar-refractivity contribution < 1.29 is 77.9 Å². The van der Waals surface area contributed by atoms with E-state index in [4.69, 9.17) is 5.11 Å². The van der Waals surface area contributed by atoms with Crippen molar-refractivity contribution in [2.45, 2.75) is 0 Å². The number of hydrogen-bond acceptors (Lipinski definition) is 1. The first-order valence-corrected chi connectivity index (χ1v) is 0.447. The number of halogens is 3. The third kappa shape index (κ3) is 37.1. The molecule has 0 fully saturated rings. The van der Waals surface area contributed by atoms with E-state index in [0.29, 0.717) is 0 Å². The first kappa shape index (κ1) is 43.3. The fourth-order valence-electron chi connectivity index (χ4n) is 0. The van der Waals surface area contributed by atoms with Crippen molar-refractivity contribution in [3.63, 3.8) is 0 Å². The van der Waals surface area contributed by atoms with Gasteiger partial charge in [-0.25, -0.2) is 0 Å². The molecule has 0 aliphatic rings. The topological polar surface area (TPSA) is 20.2 Å². The molecule has 0 saturated heterocycles. The third-order valence-corrected chi connectivity index (χ3v) is 0. The summed E-state index contributed by atoms with van der Waals surface area (Å²) >= 11 is 0. The first-order chi connectivity index (χ1) is 1.00. The molecule has 5 heteroatoms. The van der Waals surface area contributed by atoms with Crippen LogP contribution in [0.4, 0.5) is 0 Å². The van der Waals surface area contributed by atoms with Crippen molar-refractivity contribution >= 4 is 0 Å². The summed E-state index contributed by atoms with van der Waals surface area (Å²) in [5, 5.41) is 7.00. The minimum atomic E-state index is 0. The van der Waals surface area contributed by atoms with E-state index >= 15 is 0 Å². The van der Waals surface area contributed by atoms with Crippen molar-refractivity contribution in [1.29, 1.82) is 0 Å². The van der Waals surface area contributed by atoms with Crippen LogP contribution < -0.4 is 37.2 Å². The van der Waals surface area contributed by atoms with Crippen LogP contribution in [0, 0.1) is 35.6 Å². The Morgan fingerprint density at radius 1 is 0.833 bits per heavy atom. The zero-order chi connectivity index (χ0) is 2.00. The van der Waals surface area contributed by atoms with Crippen LogP contribution in [0.15, 0.2) is 0 Å². The van der Waals surface area contributed by atoms with Crippen LogP contribution in [0.5, 0.6) is 0 Å². The van der Waals surface area contributed by atoms with Crippen LogP contribution in [0.2, 0.25) is 0 Å². The van der Waals surface area contributed by atoms with Crippen molar-refractivity contribution in [1.82, 2.24) is 0 Å². The predicted octanol–water partition coefficient (Wildman–Crippen LogP) is -9.38. The molecule has 0 rings (SSSR count). The Morgan fingerprint density at radius 2 is 0.833 bits per heavy atom. The molecule has 0 unspecified atom stereocenters. The van der Waals surface area contributed by atoms with Crippen molar-refractivity contribution in [3.8, 4) is 0 Å². The van der Waals surface area contributed by atoms with Gasteiger partial charge in [0.25, 0.3) is 0 Å². The predicted molar refractivity (Wildman–Crippen MR) is 8.14 cm³/mol. The summed E-state index contributed by atoms with van der Waals surface area (Å²) in [5.74, 6) is 0. The molecule has 38 valence electrons. The van der Waals surface area contributed by atoms with E-state index in [1.54, 1.807) is 0 Å². The smallest absolute Gasteiger partial charge is 1.00 e. The second kappa shape index (κ2) is 62.2. The van der Waals surface area contributed by atoms with Gasteiger partial charge in [-0.3, -0.25) is 0 Å². The van der Waals surface area contributed by atoms with E-state index in [-0.39, 0.29) is 72.8 Å². The Labute approximate surface area is 84.1 Å². The van der Waals surface area contributed by atoms with E-state index in [2.05, 4.69) is 0 Å². The fraction of sp³-hybridized carbons (Fsp3) is 1.00. The average Bonchev–Trinajstić information content (AvgIpc) is 1.00. The molecule has 6 heavy (non-hydrogen) atoms. The first-order valence-electron chi connectivity index (χ1n) is 0.447. The second-order valence-corrected chi connectivity index (χ2v) is 0. The number of aliphatic hydroxyl groups is 1. The quantitative estimate of drug-likeness (QED) is 0.466. The minimum absolute atomic E-state index is 0. The van der Waals surface area contributed by atoms with Crippen LogP contribution >= 0.6 is 0 Å². The maximum Gasteiger partial charge on any atom is 3.00 e. The van der Waals surface area contributed by atoms with Gasteiger partial charge in [-0.2, -0.15) is 0 Å². The van der Waals surface area contributed by atoms with Gasteiger partial charge in [0, 0.05) is 7.11 Å². The molecule has 0 heterocycles. The van der Waals surface area contributed by atoms with Gasteiger partial charge >= 0.3 is 35.6 Å². The molecule has 0 aromatic carbocycles. The van der Waals surface area contributed by atoms with Gasteiger partial charge < -0.3 is 42.3 Å². The van der Waals surface area contributed by atoms with Crippen LogP contribution in [0.25, 0.3) is 0 Å². The maximum absolute atomic E-state index is 7.00. The van der Waals surface area contributed by atoms with E-state index in [1.807, 2.05) is 0 Å². The number of aliphatic hydroxyl groups excluding tert-OH is 1. The molecule has 0 radical (unpaired) electrons. The Morgan fingerprint density at radius 3 is 0.833 bits per heavy atom. The Kier molecular flexibility index (Phi) is 449. The Hall–Kier alpha value is 2.02. The minimum Gasteiger partial charge on any atom is -1.00 e. The second-order valence-electron chi connectivity index (χ2n) is 0. The fourth-order valence-corrected chi connectivity index (χ4v) is 0. The molecule has 0 saturated carbocycles. The Bertz CT molecular complexity index is 10.8.